The predicted molar refractivity (Wildman–Crippen MR) is 76.0 cm³/mol. The number of hydrogen-bond donors (Lipinski definition) is 0. The molecule has 0 N–H and O–H groups in total. The van der Waals surface area contributed by atoms with Crippen molar-refractivity contribution in [2.75, 3.05) is 0 Å². The Morgan fingerprint density at radius 3 is 2.60 bits per heavy atom. The van der Waals surface area contributed by atoms with Crippen LogP contribution in [0.2, 0.25) is 5.02 Å². The minimum Gasteiger partial charge on any atom is -0.335 e. The first-order valence-electron chi connectivity index (χ1n) is 6.16. The summed E-state index contributed by atoms with van der Waals surface area (Å²) in [7, 11) is -3.78. The van der Waals surface area contributed by atoms with E-state index in [1.54, 1.807) is 23.3 Å². The van der Waals surface area contributed by atoms with E-state index in [2.05, 4.69) is 4.98 Å². The smallest absolute Gasteiger partial charge is 0.297 e. The van der Waals surface area contributed by atoms with Crippen LogP contribution in [0.1, 0.15) is 13.3 Å². The lowest BCUT2D eigenvalue weighted by Gasteiger charge is -2.16. The molecule has 2 aromatic rings. The number of nitrogens with zero attached hydrogens (tertiary/aromatic N) is 2. The maximum atomic E-state index is 12.2. The van der Waals surface area contributed by atoms with Crippen LogP contribution in [-0.2, 0) is 20.8 Å². The zero-order valence-electron chi connectivity index (χ0n) is 10.9. The first-order valence-corrected chi connectivity index (χ1v) is 7.94. The van der Waals surface area contributed by atoms with E-state index in [1.165, 1.54) is 24.3 Å². The normalized spacial score (nSPS) is 13.3. The van der Waals surface area contributed by atoms with Crippen molar-refractivity contribution in [3.05, 3.63) is 48.0 Å². The van der Waals surface area contributed by atoms with Crippen LogP contribution in [0.3, 0.4) is 0 Å². The highest BCUT2D eigenvalue weighted by Crippen LogP contribution is 2.19. The molecule has 108 valence electrons. The van der Waals surface area contributed by atoms with Crippen molar-refractivity contribution in [1.82, 2.24) is 9.55 Å². The Kier molecular flexibility index (Phi) is 4.80. The zero-order chi connectivity index (χ0) is 14.6. The number of hydrogen-bond acceptors (Lipinski definition) is 4. The van der Waals surface area contributed by atoms with Crippen molar-refractivity contribution in [2.45, 2.75) is 30.9 Å². The average molecular weight is 315 g/mol. The fourth-order valence-corrected chi connectivity index (χ4v) is 2.96. The first kappa shape index (κ1) is 15.0. The van der Waals surface area contributed by atoms with Crippen molar-refractivity contribution >= 4 is 21.7 Å². The van der Waals surface area contributed by atoms with Gasteiger partial charge in [0.05, 0.1) is 23.9 Å². The molecule has 0 spiro atoms. The summed E-state index contributed by atoms with van der Waals surface area (Å²) >= 11 is 5.74. The van der Waals surface area contributed by atoms with Gasteiger partial charge >= 0.3 is 0 Å². The minimum absolute atomic E-state index is 0.103. The molecule has 20 heavy (non-hydrogen) atoms. The van der Waals surface area contributed by atoms with E-state index in [0.717, 1.165) is 0 Å². The lowest BCUT2D eigenvalue weighted by Crippen LogP contribution is -2.22. The van der Waals surface area contributed by atoms with E-state index in [4.69, 9.17) is 15.8 Å². The SMILES string of the molecule is CCC(Cn1ccnc1)OS(=O)(=O)c1ccc(Cl)cc1. The van der Waals surface area contributed by atoms with Crippen molar-refractivity contribution in [1.29, 1.82) is 0 Å². The largest absolute Gasteiger partial charge is 0.335 e. The molecule has 0 aliphatic rings. The van der Waals surface area contributed by atoms with Gasteiger partial charge < -0.3 is 4.57 Å². The van der Waals surface area contributed by atoms with E-state index in [9.17, 15) is 8.42 Å². The Morgan fingerprint density at radius 1 is 1.35 bits per heavy atom. The molecule has 0 aliphatic carbocycles. The predicted octanol–water partition coefficient (Wildman–Crippen LogP) is 2.72. The third-order valence-electron chi connectivity index (χ3n) is 2.79. The van der Waals surface area contributed by atoms with E-state index >= 15 is 0 Å². The van der Waals surface area contributed by atoms with Crippen molar-refractivity contribution in [2.24, 2.45) is 0 Å². The van der Waals surface area contributed by atoms with Crippen LogP contribution in [0, 0.1) is 0 Å². The number of imidazole rings is 1. The summed E-state index contributed by atoms with van der Waals surface area (Å²) < 4.78 is 31.4. The first-order chi connectivity index (χ1) is 9.51. The van der Waals surface area contributed by atoms with Gasteiger partial charge in [0.1, 0.15) is 0 Å². The Morgan fingerprint density at radius 2 is 2.05 bits per heavy atom. The van der Waals surface area contributed by atoms with Crippen molar-refractivity contribution in [3.63, 3.8) is 0 Å². The average Bonchev–Trinajstić information content (AvgIpc) is 2.91. The highest BCUT2D eigenvalue weighted by Gasteiger charge is 2.21. The zero-order valence-corrected chi connectivity index (χ0v) is 12.5. The van der Waals surface area contributed by atoms with Crippen LogP contribution >= 0.6 is 11.6 Å². The highest BCUT2D eigenvalue weighted by atomic mass is 35.5. The summed E-state index contributed by atoms with van der Waals surface area (Å²) in [5, 5.41) is 0.481. The minimum atomic E-state index is -3.78. The van der Waals surface area contributed by atoms with Crippen LogP contribution in [-0.4, -0.2) is 24.1 Å². The van der Waals surface area contributed by atoms with E-state index in [0.29, 0.717) is 18.0 Å². The van der Waals surface area contributed by atoms with Crippen molar-refractivity contribution < 1.29 is 12.6 Å². The monoisotopic (exact) mass is 314 g/mol. The molecule has 0 saturated carbocycles. The van der Waals surface area contributed by atoms with E-state index < -0.39 is 16.2 Å². The Hall–Kier alpha value is -1.37. The van der Waals surface area contributed by atoms with Crippen LogP contribution in [0.15, 0.2) is 47.9 Å². The lowest BCUT2D eigenvalue weighted by molar-refractivity contribution is 0.183. The number of rotatable bonds is 6. The summed E-state index contributed by atoms with van der Waals surface area (Å²) in [6.07, 6.45) is 5.16. The molecule has 0 radical (unpaired) electrons. The van der Waals surface area contributed by atoms with Gasteiger partial charge in [0.25, 0.3) is 10.1 Å². The number of halogens is 1. The molecule has 1 aromatic carbocycles. The standard InChI is InChI=1S/C13H15ClN2O3S/c1-2-12(9-16-8-7-15-10-16)19-20(17,18)13-5-3-11(14)4-6-13/h3-8,10,12H,2,9H2,1H3. The molecule has 0 aliphatic heterocycles. The summed E-state index contributed by atoms with van der Waals surface area (Å²) in [4.78, 5) is 4.02. The van der Waals surface area contributed by atoms with E-state index in [1.807, 2.05) is 6.92 Å². The molecule has 0 saturated heterocycles. The second-order valence-electron chi connectivity index (χ2n) is 4.29. The van der Waals surface area contributed by atoms with Gasteiger partial charge in [-0.1, -0.05) is 18.5 Å². The van der Waals surface area contributed by atoms with Gasteiger partial charge in [0, 0.05) is 17.4 Å². The van der Waals surface area contributed by atoms with Crippen LogP contribution in [0.5, 0.6) is 0 Å². The van der Waals surface area contributed by atoms with Gasteiger partial charge in [-0.25, -0.2) is 4.98 Å². The van der Waals surface area contributed by atoms with Gasteiger partial charge in [0.15, 0.2) is 0 Å². The molecule has 1 atom stereocenters. The lowest BCUT2D eigenvalue weighted by atomic mass is 10.3. The Labute approximate surface area is 123 Å². The molecule has 1 unspecified atom stereocenters. The van der Waals surface area contributed by atoms with Crippen LogP contribution in [0.25, 0.3) is 0 Å². The molecule has 0 fully saturated rings. The second kappa shape index (κ2) is 6.39. The molecule has 7 heteroatoms. The summed E-state index contributed by atoms with van der Waals surface area (Å²) in [6.45, 7) is 2.31. The molecule has 5 nitrogen and oxygen atoms in total. The van der Waals surface area contributed by atoms with Crippen LogP contribution in [0.4, 0.5) is 0 Å². The summed E-state index contributed by atoms with van der Waals surface area (Å²) in [5.74, 6) is 0. The molecule has 1 aromatic heterocycles. The maximum Gasteiger partial charge on any atom is 0.297 e. The number of benzene rings is 1. The highest BCUT2D eigenvalue weighted by molar-refractivity contribution is 7.86. The quantitative estimate of drug-likeness (QED) is 0.769. The van der Waals surface area contributed by atoms with Gasteiger partial charge in [0.2, 0.25) is 0 Å². The molecular formula is C13H15ClN2O3S. The maximum absolute atomic E-state index is 12.2. The van der Waals surface area contributed by atoms with Crippen LogP contribution < -0.4 is 0 Å². The van der Waals surface area contributed by atoms with Gasteiger partial charge in [-0.3, -0.25) is 4.18 Å². The number of aromatic nitrogens is 2. The fourth-order valence-electron chi connectivity index (χ4n) is 1.69. The summed E-state index contributed by atoms with van der Waals surface area (Å²) in [6, 6.07) is 5.91. The Balaban J connectivity index is 2.11. The second-order valence-corrected chi connectivity index (χ2v) is 6.30. The summed E-state index contributed by atoms with van der Waals surface area (Å²) in [5.41, 5.74) is 0. The fraction of sp³-hybridized carbons (Fsp3) is 0.308. The van der Waals surface area contributed by atoms with E-state index in [-0.39, 0.29) is 4.90 Å². The third-order valence-corrected chi connectivity index (χ3v) is 4.42. The van der Waals surface area contributed by atoms with Crippen molar-refractivity contribution in [3.8, 4) is 0 Å². The Bertz CT molecular complexity index is 639. The van der Waals surface area contributed by atoms with Gasteiger partial charge in [-0.15, -0.1) is 0 Å². The topological polar surface area (TPSA) is 61.2 Å². The van der Waals surface area contributed by atoms with Gasteiger partial charge in [-0.2, -0.15) is 8.42 Å². The molecule has 0 bridgehead atoms. The molecule has 2 rings (SSSR count). The molecule has 0 amide bonds. The third kappa shape index (κ3) is 3.82. The molecular weight excluding hydrogens is 300 g/mol. The van der Waals surface area contributed by atoms with Gasteiger partial charge in [-0.05, 0) is 30.7 Å². The molecule has 1 heterocycles.